The number of rotatable bonds is 5. The molecule has 0 saturated carbocycles. The third-order valence-electron chi connectivity index (χ3n) is 3.29. The van der Waals surface area contributed by atoms with E-state index in [9.17, 15) is 4.79 Å². The van der Waals surface area contributed by atoms with Crippen molar-refractivity contribution in [2.45, 2.75) is 52.2 Å². The van der Waals surface area contributed by atoms with Crippen LogP contribution in [-0.2, 0) is 14.3 Å². The van der Waals surface area contributed by atoms with Gasteiger partial charge in [0.1, 0.15) is 0 Å². The lowest BCUT2D eigenvalue weighted by Crippen LogP contribution is -2.30. The maximum atomic E-state index is 11.5. The smallest absolute Gasteiger partial charge is 0.308 e. The Morgan fingerprint density at radius 3 is 2.71 bits per heavy atom. The fourth-order valence-electron chi connectivity index (χ4n) is 2.56. The summed E-state index contributed by atoms with van der Waals surface area (Å²) in [6.07, 6.45) is 3.28. The second-order valence-electron chi connectivity index (χ2n) is 5.36. The summed E-state index contributed by atoms with van der Waals surface area (Å²) in [4.78, 5) is 11.5. The first kappa shape index (κ1) is 14.2. The van der Waals surface area contributed by atoms with E-state index in [1.54, 1.807) is 0 Å². The van der Waals surface area contributed by atoms with Crippen molar-refractivity contribution >= 4 is 5.97 Å². The van der Waals surface area contributed by atoms with Gasteiger partial charge in [-0.25, -0.2) is 0 Å². The summed E-state index contributed by atoms with van der Waals surface area (Å²) in [6, 6.07) is 0. The highest BCUT2D eigenvalue weighted by Crippen LogP contribution is 2.40. The van der Waals surface area contributed by atoms with Crippen LogP contribution in [-0.4, -0.2) is 24.3 Å². The van der Waals surface area contributed by atoms with Crippen molar-refractivity contribution in [3.8, 4) is 0 Å². The van der Waals surface area contributed by atoms with E-state index in [1.807, 2.05) is 19.9 Å². The van der Waals surface area contributed by atoms with Gasteiger partial charge in [0, 0.05) is 5.92 Å². The zero-order valence-corrected chi connectivity index (χ0v) is 11.4. The Morgan fingerprint density at radius 2 is 2.29 bits per heavy atom. The van der Waals surface area contributed by atoms with Gasteiger partial charge >= 0.3 is 5.97 Å². The second kappa shape index (κ2) is 5.67. The molecule has 0 radical (unpaired) electrons. The summed E-state index contributed by atoms with van der Waals surface area (Å²) in [6.45, 7) is 12.4. The molecule has 0 amide bonds. The molecule has 98 valence electrons. The number of ether oxygens (including phenoxy) is 2. The van der Waals surface area contributed by atoms with Crippen LogP contribution in [0.2, 0.25) is 0 Å². The summed E-state index contributed by atoms with van der Waals surface area (Å²) < 4.78 is 11.0. The lowest BCUT2D eigenvalue weighted by atomic mass is 9.87. The van der Waals surface area contributed by atoms with Gasteiger partial charge in [0.15, 0.2) is 0 Å². The van der Waals surface area contributed by atoms with Crippen LogP contribution >= 0.6 is 0 Å². The molecule has 1 aliphatic rings. The van der Waals surface area contributed by atoms with E-state index in [0.29, 0.717) is 24.9 Å². The molecule has 0 bridgehead atoms. The van der Waals surface area contributed by atoms with Crippen LogP contribution in [0.1, 0.15) is 40.5 Å². The van der Waals surface area contributed by atoms with Gasteiger partial charge in [0.25, 0.3) is 0 Å². The highest BCUT2D eigenvalue weighted by molar-refractivity contribution is 5.70. The fourth-order valence-corrected chi connectivity index (χ4v) is 2.56. The molecule has 0 N–H and O–H groups in total. The molecule has 2 unspecified atom stereocenters. The average molecular weight is 240 g/mol. The molecule has 17 heavy (non-hydrogen) atoms. The van der Waals surface area contributed by atoms with Crippen LogP contribution in [0.15, 0.2) is 12.7 Å². The van der Waals surface area contributed by atoms with Crippen molar-refractivity contribution in [1.29, 1.82) is 0 Å². The Morgan fingerprint density at radius 1 is 1.65 bits per heavy atom. The minimum Gasteiger partial charge on any atom is -0.466 e. The quantitative estimate of drug-likeness (QED) is 0.547. The van der Waals surface area contributed by atoms with Crippen LogP contribution in [0.25, 0.3) is 0 Å². The van der Waals surface area contributed by atoms with E-state index in [1.165, 1.54) is 0 Å². The van der Waals surface area contributed by atoms with E-state index in [2.05, 4.69) is 20.4 Å². The Kier molecular flexibility index (Phi) is 4.75. The number of hydrogen-bond acceptors (Lipinski definition) is 3. The van der Waals surface area contributed by atoms with Gasteiger partial charge in [0.2, 0.25) is 0 Å². The Hall–Kier alpha value is -0.830. The third-order valence-corrected chi connectivity index (χ3v) is 3.29. The fraction of sp³-hybridized carbons (Fsp3) is 0.786. The first-order valence-corrected chi connectivity index (χ1v) is 6.38. The van der Waals surface area contributed by atoms with Crippen molar-refractivity contribution in [1.82, 2.24) is 0 Å². The Labute approximate surface area is 104 Å². The third kappa shape index (κ3) is 3.56. The molecule has 3 atom stereocenters. The normalized spacial score (nSPS) is 32.8. The zero-order chi connectivity index (χ0) is 13.1. The predicted octanol–water partition coefficient (Wildman–Crippen LogP) is 2.95. The first-order valence-electron chi connectivity index (χ1n) is 6.38. The van der Waals surface area contributed by atoms with Gasteiger partial charge in [-0.3, -0.25) is 4.79 Å². The lowest BCUT2D eigenvalue weighted by molar-refractivity contribution is -0.150. The van der Waals surface area contributed by atoms with Crippen LogP contribution in [0.5, 0.6) is 0 Å². The molecule has 0 aromatic rings. The van der Waals surface area contributed by atoms with Gasteiger partial charge in [0.05, 0.1) is 24.7 Å². The number of carbonyl (C=O) groups is 1. The molecule has 3 nitrogen and oxygen atoms in total. The van der Waals surface area contributed by atoms with Gasteiger partial charge in [-0.05, 0) is 26.2 Å². The highest BCUT2D eigenvalue weighted by atomic mass is 16.5. The van der Waals surface area contributed by atoms with E-state index < -0.39 is 5.60 Å². The summed E-state index contributed by atoms with van der Waals surface area (Å²) >= 11 is 0. The van der Waals surface area contributed by atoms with Gasteiger partial charge in [-0.2, -0.15) is 0 Å². The molecular formula is C14H24O3. The number of esters is 1. The first-order chi connectivity index (χ1) is 7.91. The van der Waals surface area contributed by atoms with Crippen molar-refractivity contribution in [2.24, 2.45) is 11.8 Å². The molecule has 1 saturated heterocycles. The van der Waals surface area contributed by atoms with E-state index in [-0.39, 0.29) is 12.1 Å². The van der Waals surface area contributed by atoms with Crippen LogP contribution in [0.3, 0.4) is 0 Å². The van der Waals surface area contributed by atoms with Crippen LogP contribution in [0.4, 0.5) is 0 Å². The van der Waals surface area contributed by atoms with Gasteiger partial charge in [-0.1, -0.05) is 19.9 Å². The minimum absolute atomic E-state index is 0.159. The van der Waals surface area contributed by atoms with Gasteiger partial charge < -0.3 is 9.47 Å². The van der Waals surface area contributed by atoms with Crippen molar-refractivity contribution in [2.75, 3.05) is 6.61 Å². The topological polar surface area (TPSA) is 35.5 Å². The van der Waals surface area contributed by atoms with E-state index >= 15 is 0 Å². The largest absolute Gasteiger partial charge is 0.466 e. The van der Waals surface area contributed by atoms with Crippen molar-refractivity contribution in [3.63, 3.8) is 0 Å². The molecule has 1 heterocycles. The molecule has 1 aliphatic heterocycles. The number of hydrogen-bond donors (Lipinski definition) is 0. The van der Waals surface area contributed by atoms with Gasteiger partial charge in [-0.15, -0.1) is 6.58 Å². The second-order valence-corrected chi connectivity index (χ2v) is 5.36. The molecule has 1 fully saturated rings. The van der Waals surface area contributed by atoms with Crippen LogP contribution < -0.4 is 0 Å². The SMILES string of the molecule is C=C[C@@H]1CC(C)(CC(=O)OCC)OC1C(C)C. The maximum Gasteiger partial charge on any atom is 0.308 e. The van der Waals surface area contributed by atoms with Crippen LogP contribution in [0, 0.1) is 11.8 Å². The lowest BCUT2D eigenvalue weighted by Gasteiger charge is -2.25. The summed E-state index contributed by atoms with van der Waals surface area (Å²) in [5.41, 5.74) is -0.403. The Balaban J connectivity index is 2.66. The molecule has 0 aromatic heterocycles. The van der Waals surface area contributed by atoms with Crippen molar-refractivity contribution < 1.29 is 14.3 Å². The molecule has 0 spiro atoms. The summed E-state index contributed by atoms with van der Waals surface area (Å²) in [5.74, 6) is 0.582. The summed E-state index contributed by atoms with van der Waals surface area (Å²) in [5, 5.41) is 0. The highest BCUT2D eigenvalue weighted by Gasteiger charge is 2.44. The zero-order valence-electron chi connectivity index (χ0n) is 11.4. The standard InChI is InChI=1S/C14H24O3/c1-6-11-8-14(5,9-12(15)16-7-2)17-13(11)10(3)4/h6,10-11,13H,1,7-9H2,2-5H3/t11-,13?,14?/m1/s1. The minimum atomic E-state index is -0.403. The maximum absolute atomic E-state index is 11.5. The Bertz CT molecular complexity index is 285. The molecular weight excluding hydrogens is 216 g/mol. The average Bonchev–Trinajstić information content (AvgIpc) is 2.55. The van der Waals surface area contributed by atoms with E-state index in [4.69, 9.17) is 9.47 Å². The summed E-state index contributed by atoms with van der Waals surface area (Å²) in [7, 11) is 0. The molecule has 3 heteroatoms. The predicted molar refractivity (Wildman–Crippen MR) is 67.7 cm³/mol. The molecule has 1 rings (SSSR count). The van der Waals surface area contributed by atoms with E-state index in [0.717, 1.165) is 6.42 Å². The van der Waals surface area contributed by atoms with Crippen molar-refractivity contribution in [3.05, 3.63) is 12.7 Å². The number of carbonyl (C=O) groups excluding carboxylic acids is 1. The molecule has 0 aliphatic carbocycles. The molecule has 0 aromatic carbocycles. The monoisotopic (exact) mass is 240 g/mol.